The number of nitrogens with one attached hydrogen (secondary N) is 1. The molecular weight excluding hydrogens is 174 g/mol. The zero-order valence-electron chi connectivity index (χ0n) is 7.03. The van der Waals surface area contributed by atoms with Crippen LogP contribution in [0.25, 0.3) is 0 Å². The van der Waals surface area contributed by atoms with Crippen LogP contribution in [0.4, 0.5) is 0 Å². The van der Waals surface area contributed by atoms with Crippen LogP contribution in [0.5, 0.6) is 0 Å². The lowest BCUT2D eigenvalue weighted by Crippen LogP contribution is -2.18. The predicted molar refractivity (Wildman–Crippen MR) is 43.2 cm³/mol. The highest BCUT2D eigenvalue weighted by atomic mass is 16.4. The Balaban J connectivity index is 2.59. The van der Waals surface area contributed by atoms with Gasteiger partial charge in [-0.3, -0.25) is 4.79 Å². The molecule has 70 valence electrons. The lowest BCUT2D eigenvalue weighted by molar-refractivity contribution is -0.119. The standard InChI is InChI=1S/C8H9NO4/c1-5(10)9-3-7-2-6(4-13-7)8(11)12/h2,4H,3H2,1H3,(H,9,10)(H,11,12). The molecule has 0 radical (unpaired) electrons. The fourth-order valence-corrected chi connectivity index (χ4v) is 0.797. The number of carboxylic acid groups (broad SMARTS) is 1. The van der Waals surface area contributed by atoms with Crippen molar-refractivity contribution in [1.82, 2.24) is 5.32 Å². The molecule has 1 aromatic heterocycles. The van der Waals surface area contributed by atoms with Gasteiger partial charge in [-0.1, -0.05) is 0 Å². The summed E-state index contributed by atoms with van der Waals surface area (Å²) in [7, 11) is 0. The molecule has 13 heavy (non-hydrogen) atoms. The molecule has 0 saturated carbocycles. The Labute approximate surface area is 74.4 Å². The molecule has 0 aliphatic carbocycles. The summed E-state index contributed by atoms with van der Waals surface area (Å²) in [5, 5.41) is 11.0. The van der Waals surface area contributed by atoms with Crippen molar-refractivity contribution in [3.05, 3.63) is 23.7 Å². The Hall–Kier alpha value is -1.78. The molecule has 0 aliphatic rings. The third kappa shape index (κ3) is 2.62. The van der Waals surface area contributed by atoms with Gasteiger partial charge in [0.25, 0.3) is 0 Å². The average Bonchev–Trinajstić information content (AvgIpc) is 2.48. The molecule has 0 aliphatic heterocycles. The summed E-state index contributed by atoms with van der Waals surface area (Å²) >= 11 is 0. The van der Waals surface area contributed by atoms with Crippen LogP contribution in [-0.4, -0.2) is 17.0 Å². The van der Waals surface area contributed by atoms with E-state index in [9.17, 15) is 9.59 Å². The highest BCUT2D eigenvalue weighted by Crippen LogP contribution is 2.06. The van der Waals surface area contributed by atoms with Gasteiger partial charge < -0.3 is 14.8 Å². The minimum atomic E-state index is -1.04. The molecule has 0 atom stereocenters. The number of amides is 1. The maximum absolute atomic E-state index is 10.5. The molecule has 1 amide bonds. The minimum absolute atomic E-state index is 0.0837. The average molecular weight is 183 g/mol. The summed E-state index contributed by atoms with van der Waals surface area (Å²) < 4.78 is 4.88. The Morgan fingerprint density at radius 1 is 1.62 bits per heavy atom. The minimum Gasteiger partial charge on any atom is -0.478 e. The van der Waals surface area contributed by atoms with Crippen LogP contribution in [0.2, 0.25) is 0 Å². The first-order valence-electron chi connectivity index (χ1n) is 3.64. The summed E-state index contributed by atoms with van der Waals surface area (Å²) in [6.45, 7) is 1.59. The smallest absolute Gasteiger partial charge is 0.338 e. The van der Waals surface area contributed by atoms with E-state index in [1.165, 1.54) is 13.0 Å². The molecule has 0 saturated heterocycles. The van der Waals surface area contributed by atoms with Gasteiger partial charge in [0.05, 0.1) is 12.1 Å². The zero-order chi connectivity index (χ0) is 9.84. The molecule has 0 fully saturated rings. The van der Waals surface area contributed by atoms with Gasteiger partial charge in [-0.25, -0.2) is 4.79 Å². The molecule has 1 rings (SSSR count). The number of rotatable bonds is 3. The lowest BCUT2D eigenvalue weighted by atomic mass is 10.3. The Bertz CT molecular complexity index is 329. The summed E-state index contributed by atoms with van der Waals surface area (Å²) in [5.74, 6) is -0.807. The number of hydrogen-bond acceptors (Lipinski definition) is 3. The van der Waals surface area contributed by atoms with Crippen molar-refractivity contribution in [3.63, 3.8) is 0 Å². The highest BCUT2D eigenvalue weighted by Gasteiger charge is 2.07. The van der Waals surface area contributed by atoms with Crippen molar-refractivity contribution in [1.29, 1.82) is 0 Å². The van der Waals surface area contributed by atoms with Crippen molar-refractivity contribution < 1.29 is 19.1 Å². The molecule has 5 heteroatoms. The molecule has 0 bridgehead atoms. The Kier molecular flexibility index (Phi) is 2.69. The van der Waals surface area contributed by atoms with Crippen molar-refractivity contribution in [2.45, 2.75) is 13.5 Å². The largest absolute Gasteiger partial charge is 0.478 e. The summed E-state index contributed by atoms with van der Waals surface area (Å²) in [6.07, 6.45) is 1.14. The molecular formula is C8H9NO4. The molecule has 0 spiro atoms. The first kappa shape index (κ1) is 9.31. The predicted octanol–water partition coefficient (Wildman–Crippen LogP) is 0.614. The molecule has 1 heterocycles. The Morgan fingerprint density at radius 2 is 2.31 bits per heavy atom. The van der Waals surface area contributed by atoms with Crippen LogP contribution in [0.15, 0.2) is 16.7 Å². The number of carbonyl (C=O) groups excluding carboxylic acids is 1. The highest BCUT2D eigenvalue weighted by molar-refractivity contribution is 5.87. The molecule has 1 aromatic rings. The van der Waals surface area contributed by atoms with Gasteiger partial charge in [-0.05, 0) is 6.07 Å². The van der Waals surface area contributed by atoms with Crippen LogP contribution in [-0.2, 0) is 11.3 Å². The fraction of sp³-hybridized carbons (Fsp3) is 0.250. The van der Waals surface area contributed by atoms with E-state index in [1.807, 2.05) is 0 Å². The molecule has 5 nitrogen and oxygen atoms in total. The van der Waals surface area contributed by atoms with Crippen molar-refractivity contribution in [3.8, 4) is 0 Å². The van der Waals surface area contributed by atoms with E-state index in [0.717, 1.165) is 6.26 Å². The van der Waals surface area contributed by atoms with Gasteiger partial charge >= 0.3 is 5.97 Å². The van der Waals surface area contributed by atoms with E-state index in [-0.39, 0.29) is 18.0 Å². The van der Waals surface area contributed by atoms with Crippen molar-refractivity contribution in [2.24, 2.45) is 0 Å². The first-order chi connectivity index (χ1) is 6.09. The van der Waals surface area contributed by atoms with Gasteiger partial charge in [-0.15, -0.1) is 0 Å². The van der Waals surface area contributed by atoms with Crippen LogP contribution in [0, 0.1) is 0 Å². The topological polar surface area (TPSA) is 79.5 Å². The van der Waals surface area contributed by atoms with Crippen molar-refractivity contribution in [2.75, 3.05) is 0 Å². The summed E-state index contributed by atoms with van der Waals surface area (Å²) in [4.78, 5) is 20.9. The molecule has 0 unspecified atom stereocenters. The van der Waals surface area contributed by atoms with E-state index in [0.29, 0.717) is 5.76 Å². The summed E-state index contributed by atoms with van der Waals surface area (Å²) in [6, 6.07) is 1.37. The maximum atomic E-state index is 10.5. The zero-order valence-corrected chi connectivity index (χ0v) is 7.03. The van der Waals surface area contributed by atoms with Crippen LogP contribution >= 0.6 is 0 Å². The van der Waals surface area contributed by atoms with Gasteiger partial charge in [-0.2, -0.15) is 0 Å². The fourth-order valence-electron chi connectivity index (χ4n) is 0.797. The number of carboxylic acids is 1. The quantitative estimate of drug-likeness (QED) is 0.719. The van der Waals surface area contributed by atoms with Gasteiger partial charge in [0.1, 0.15) is 12.0 Å². The third-order valence-corrected chi connectivity index (χ3v) is 1.41. The summed E-state index contributed by atoms with van der Waals surface area (Å²) in [5.41, 5.74) is 0.0837. The van der Waals surface area contributed by atoms with Gasteiger partial charge in [0.2, 0.25) is 5.91 Å². The van der Waals surface area contributed by atoms with E-state index < -0.39 is 5.97 Å². The normalized spacial score (nSPS) is 9.62. The second-order valence-electron chi connectivity index (χ2n) is 2.52. The van der Waals surface area contributed by atoms with Gasteiger partial charge in [0.15, 0.2) is 0 Å². The van der Waals surface area contributed by atoms with E-state index in [2.05, 4.69) is 5.32 Å². The Morgan fingerprint density at radius 3 is 2.77 bits per heavy atom. The van der Waals surface area contributed by atoms with Crippen LogP contribution in [0.3, 0.4) is 0 Å². The number of carbonyl (C=O) groups is 2. The maximum Gasteiger partial charge on any atom is 0.338 e. The third-order valence-electron chi connectivity index (χ3n) is 1.41. The van der Waals surface area contributed by atoms with Crippen molar-refractivity contribution >= 4 is 11.9 Å². The molecule has 2 N–H and O–H groups in total. The first-order valence-corrected chi connectivity index (χ1v) is 3.64. The second kappa shape index (κ2) is 3.75. The second-order valence-corrected chi connectivity index (χ2v) is 2.52. The molecule has 0 aromatic carbocycles. The number of aromatic carboxylic acids is 1. The van der Waals surface area contributed by atoms with E-state index >= 15 is 0 Å². The SMILES string of the molecule is CC(=O)NCc1cc(C(=O)O)co1. The van der Waals surface area contributed by atoms with Crippen LogP contribution < -0.4 is 5.32 Å². The number of furan rings is 1. The van der Waals surface area contributed by atoms with E-state index in [4.69, 9.17) is 9.52 Å². The van der Waals surface area contributed by atoms with E-state index in [1.54, 1.807) is 0 Å². The number of hydrogen-bond donors (Lipinski definition) is 2. The monoisotopic (exact) mass is 183 g/mol. The lowest BCUT2D eigenvalue weighted by Gasteiger charge is -1.95. The van der Waals surface area contributed by atoms with Crippen LogP contribution in [0.1, 0.15) is 23.0 Å². The van der Waals surface area contributed by atoms with Gasteiger partial charge in [0, 0.05) is 6.92 Å².